The van der Waals surface area contributed by atoms with Crippen LogP contribution in [0.1, 0.15) is 108 Å². The molecular formula is C31H45ClN2Pd+. The van der Waals surface area contributed by atoms with Crippen molar-refractivity contribution in [3.05, 3.63) is 90.8 Å². The zero-order valence-electron chi connectivity index (χ0n) is 23.1. The number of hydrogen-bond donors (Lipinski definition) is 0. The molecule has 3 radical (unpaired) electrons. The number of nitrogens with zero attached hydrogens (tertiary/aromatic N) is 2. The van der Waals surface area contributed by atoms with Crippen molar-refractivity contribution >= 4 is 20.9 Å². The van der Waals surface area contributed by atoms with Crippen LogP contribution in [-0.4, -0.2) is 6.67 Å². The Morgan fingerprint density at radius 3 is 1.09 bits per heavy atom. The molecule has 2 aromatic rings. The normalized spacial score (nSPS) is 13.1. The first kappa shape index (κ1) is 31.8. The molecule has 1 heterocycles. The van der Waals surface area contributed by atoms with Crippen molar-refractivity contribution in [3.63, 3.8) is 0 Å². The van der Waals surface area contributed by atoms with Gasteiger partial charge in [0.05, 0.1) is 6.67 Å². The predicted molar refractivity (Wildman–Crippen MR) is 154 cm³/mol. The standard InChI is InChI=1S/C27H38N2.C4H7.ClH.Pd/c1-18(2)22-11-9-12-23(19(3)4)26(22)28-15-16-29(17-28)27-24(20(5)6)13-10-14-25(27)21(7)8;1-4(2)3;;/h9-16,18-21H,17H2,1-8H3;1-2H2,3H3;1H;/q;;;+2/p-1. The van der Waals surface area contributed by atoms with E-state index in [2.05, 4.69) is 156 Å². The van der Waals surface area contributed by atoms with Gasteiger partial charge in [0.2, 0.25) is 0 Å². The van der Waals surface area contributed by atoms with Gasteiger partial charge in [0.15, 0.2) is 0 Å². The van der Waals surface area contributed by atoms with Gasteiger partial charge < -0.3 is 9.80 Å². The van der Waals surface area contributed by atoms with Crippen LogP contribution in [0.5, 0.6) is 0 Å². The molecule has 0 unspecified atom stereocenters. The van der Waals surface area contributed by atoms with E-state index in [1.807, 2.05) is 6.92 Å². The van der Waals surface area contributed by atoms with Gasteiger partial charge in [0.1, 0.15) is 0 Å². The van der Waals surface area contributed by atoms with Crippen molar-refractivity contribution < 1.29 is 18.2 Å². The van der Waals surface area contributed by atoms with Crippen LogP contribution in [0.15, 0.2) is 48.8 Å². The Labute approximate surface area is 231 Å². The third-order valence-electron chi connectivity index (χ3n) is 5.99. The number of hydrogen-bond acceptors (Lipinski definition) is 2. The summed E-state index contributed by atoms with van der Waals surface area (Å²) in [6.07, 6.45) is 4.54. The van der Waals surface area contributed by atoms with Crippen LogP contribution < -0.4 is 9.80 Å². The minimum atomic E-state index is 0.500. The second kappa shape index (κ2) is 15.1. The fourth-order valence-electron chi connectivity index (χ4n) is 4.40. The molecule has 0 bridgehead atoms. The summed E-state index contributed by atoms with van der Waals surface area (Å²) in [5, 5.41) is 0. The molecule has 0 N–H and O–H groups in total. The molecule has 4 heteroatoms. The van der Waals surface area contributed by atoms with Crippen LogP contribution in [0.4, 0.5) is 11.4 Å². The minimum absolute atomic E-state index is 0.500. The van der Waals surface area contributed by atoms with Crippen LogP contribution in [0, 0.1) is 19.8 Å². The molecular weight excluding hydrogens is 542 g/mol. The van der Waals surface area contributed by atoms with Crippen LogP contribution in [0.3, 0.4) is 0 Å². The Morgan fingerprint density at radius 2 is 0.886 bits per heavy atom. The SMILES string of the molecule is CC(C)c1cccc(C(C)C)c1N1C=CN(c2c(C(C)C)cccc2C(C)C)C1.[CH2][C]([CH2])C.[Cl][Pd+]. The molecule has 1 aliphatic rings. The average Bonchev–Trinajstić information content (AvgIpc) is 3.28. The van der Waals surface area contributed by atoms with E-state index in [4.69, 9.17) is 0 Å². The van der Waals surface area contributed by atoms with E-state index >= 15 is 0 Å². The third-order valence-corrected chi connectivity index (χ3v) is 5.99. The first-order valence-corrected chi connectivity index (χ1v) is 14.5. The molecule has 0 fully saturated rings. The Kier molecular flexibility index (Phi) is 13.7. The Balaban J connectivity index is 0.000000926. The zero-order valence-corrected chi connectivity index (χ0v) is 25.4. The molecule has 0 aromatic heterocycles. The Hall–Kier alpha value is -1.27. The molecule has 0 atom stereocenters. The van der Waals surface area contributed by atoms with Crippen LogP contribution in [0.25, 0.3) is 0 Å². The van der Waals surface area contributed by atoms with Gasteiger partial charge in [-0.25, -0.2) is 0 Å². The molecule has 0 amide bonds. The molecule has 0 spiro atoms. The number of anilines is 2. The first-order chi connectivity index (χ1) is 16.5. The van der Waals surface area contributed by atoms with E-state index in [1.54, 1.807) is 0 Å². The van der Waals surface area contributed by atoms with Crippen molar-refractivity contribution in [1.29, 1.82) is 0 Å². The molecule has 1 aliphatic heterocycles. The summed E-state index contributed by atoms with van der Waals surface area (Å²) in [7, 11) is 4.49. The van der Waals surface area contributed by atoms with Crippen molar-refractivity contribution in [1.82, 2.24) is 0 Å². The van der Waals surface area contributed by atoms with Gasteiger partial charge in [-0.15, -0.1) is 0 Å². The van der Waals surface area contributed by atoms with Gasteiger partial charge in [-0.1, -0.05) is 98.7 Å². The van der Waals surface area contributed by atoms with Crippen LogP contribution in [0.2, 0.25) is 0 Å². The van der Waals surface area contributed by atoms with Crippen molar-refractivity contribution in [2.24, 2.45) is 0 Å². The second-order valence-corrected chi connectivity index (χ2v) is 10.5. The van der Waals surface area contributed by atoms with Gasteiger partial charge in [0, 0.05) is 23.8 Å². The predicted octanol–water partition coefficient (Wildman–Crippen LogP) is 9.87. The van der Waals surface area contributed by atoms with E-state index in [9.17, 15) is 0 Å². The average molecular weight is 588 g/mol. The van der Waals surface area contributed by atoms with Gasteiger partial charge in [-0.05, 0) is 65.7 Å². The number of rotatable bonds is 6. The molecule has 3 rings (SSSR count). The summed E-state index contributed by atoms with van der Waals surface area (Å²) in [6.45, 7) is 28.0. The molecule has 0 saturated heterocycles. The quantitative estimate of drug-likeness (QED) is 0.311. The topological polar surface area (TPSA) is 6.48 Å². The van der Waals surface area contributed by atoms with Crippen molar-refractivity contribution in [3.8, 4) is 0 Å². The van der Waals surface area contributed by atoms with E-state index < -0.39 is 0 Å². The summed E-state index contributed by atoms with van der Waals surface area (Å²) in [5.41, 5.74) is 8.52. The maximum absolute atomic E-state index is 4.49. The Bertz CT molecular complexity index is 805. The number of benzene rings is 2. The van der Waals surface area contributed by atoms with Crippen molar-refractivity contribution in [2.45, 2.75) is 86.0 Å². The van der Waals surface area contributed by atoms with Gasteiger partial charge in [0.25, 0.3) is 0 Å². The molecule has 35 heavy (non-hydrogen) atoms. The number of halogens is 1. The maximum atomic E-state index is 4.49. The fraction of sp³-hybridized carbons (Fsp3) is 0.452. The summed E-state index contributed by atoms with van der Waals surface area (Å²) >= 11 is 2.22. The van der Waals surface area contributed by atoms with Gasteiger partial charge in [-0.3, -0.25) is 0 Å². The second-order valence-electron chi connectivity index (χ2n) is 10.5. The van der Waals surface area contributed by atoms with E-state index in [-0.39, 0.29) is 0 Å². The first-order valence-electron chi connectivity index (χ1n) is 12.5. The molecule has 2 nitrogen and oxygen atoms in total. The van der Waals surface area contributed by atoms with Crippen LogP contribution in [-0.2, 0) is 18.2 Å². The monoisotopic (exact) mass is 586 g/mol. The number of para-hydroxylation sites is 2. The molecule has 0 aliphatic carbocycles. The molecule has 0 saturated carbocycles. The summed E-state index contributed by atoms with van der Waals surface area (Å²) in [4.78, 5) is 4.90. The third kappa shape index (κ3) is 8.66. The summed E-state index contributed by atoms with van der Waals surface area (Å²) in [5.74, 6) is 2.92. The van der Waals surface area contributed by atoms with E-state index in [1.165, 1.54) is 33.6 Å². The fourth-order valence-corrected chi connectivity index (χ4v) is 4.40. The van der Waals surface area contributed by atoms with Gasteiger partial charge >= 0.3 is 27.7 Å². The van der Waals surface area contributed by atoms with Crippen LogP contribution >= 0.6 is 9.53 Å². The van der Waals surface area contributed by atoms with E-state index in [0.29, 0.717) is 23.7 Å². The summed E-state index contributed by atoms with van der Waals surface area (Å²) < 4.78 is 0. The molecule has 2 aromatic carbocycles. The van der Waals surface area contributed by atoms with Gasteiger partial charge in [-0.2, -0.15) is 0 Å². The van der Waals surface area contributed by atoms with Crippen molar-refractivity contribution in [2.75, 3.05) is 16.5 Å². The molecule has 195 valence electrons. The summed E-state index contributed by atoms with van der Waals surface area (Å²) in [6, 6.07) is 13.6. The zero-order chi connectivity index (χ0) is 26.9. The van der Waals surface area contributed by atoms with E-state index in [0.717, 1.165) is 12.6 Å². The Morgan fingerprint density at radius 1 is 0.657 bits per heavy atom.